The Balaban J connectivity index is 1.29. The first-order valence-electron chi connectivity index (χ1n) is 17.7. The van der Waals surface area contributed by atoms with E-state index >= 15 is 0 Å². The molecule has 0 unspecified atom stereocenters. The summed E-state index contributed by atoms with van der Waals surface area (Å²) in [7, 11) is 0. The number of furan rings is 1. The molecular weight excluding hydrogens is 635 g/mol. The average Bonchev–Trinajstić information content (AvgIpc) is 3.86. The first kappa shape index (κ1) is 28.8. The number of benzene rings is 8. The highest BCUT2D eigenvalue weighted by Gasteiger charge is 2.24. The molecule has 11 rings (SSSR count). The maximum atomic E-state index is 6.45. The van der Waals surface area contributed by atoms with Crippen molar-refractivity contribution < 1.29 is 4.42 Å². The molecule has 0 saturated heterocycles. The summed E-state index contributed by atoms with van der Waals surface area (Å²) in [5, 5.41) is 7.11. The smallest absolute Gasteiger partial charge is 0.137 e. The Morgan fingerprint density at radius 1 is 0.346 bits per heavy atom. The van der Waals surface area contributed by atoms with Crippen LogP contribution in [0, 0.1) is 0 Å². The van der Waals surface area contributed by atoms with Gasteiger partial charge < -0.3 is 18.5 Å². The van der Waals surface area contributed by atoms with E-state index in [0.717, 1.165) is 61.4 Å². The van der Waals surface area contributed by atoms with E-state index in [1.807, 2.05) is 12.1 Å². The van der Waals surface area contributed by atoms with Gasteiger partial charge in [0.15, 0.2) is 0 Å². The number of para-hydroxylation sites is 6. The molecule has 0 bridgehead atoms. The van der Waals surface area contributed by atoms with Crippen molar-refractivity contribution in [2.24, 2.45) is 0 Å². The van der Waals surface area contributed by atoms with E-state index in [1.54, 1.807) is 0 Å². The van der Waals surface area contributed by atoms with Crippen molar-refractivity contribution in [1.82, 2.24) is 9.13 Å². The molecule has 0 radical (unpaired) electrons. The zero-order chi connectivity index (χ0) is 34.2. The molecule has 0 atom stereocenters. The molecule has 0 aliphatic heterocycles. The predicted molar refractivity (Wildman–Crippen MR) is 217 cm³/mol. The van der Waals surface area contributed by atoms with Crippen LogP contribution in [0.1, 0.15) is 0 Å². The number of nitrogens with zero attached hydrogens (tertiary/aromatic N) is 3. The Kier molecular flexibility index (Phi) is 6.22. The number of fused-ring (bicyclic) bond motifs is 9. The van der Waals surface area contributed by atoms with Crippen LogP contribution >= 0.6 is 0 Å². The summed E-state index contributed by atoms with van der Waals surface area (Å²) in [6.45, 7) is 0. The Morgan fingerprint density at radius 3 is 1.62 bits per heavy atom. The minimum atomic E-state index is 0.863. The van der Waals surface area contributed by atoms with Gasteiger partial charge in [-0.25, -0.2) is 0 Å². The summed E-state index contributed by atoms with van der Waals surface area (Å²) in [5.74, 6) is 0. The van der Waals surface area contributed by atoms with Crippen LogP contribution < -0.4 is 4.90 Å². The van der Waals surface area contributed by atoms with Crippen molar-refractivity contribution in [1.29, 1.82) is 0 Å². The minimum absolute atomic E-state index is 0.863. The molecule has 52 heavy (non-hydrogen) atoms. The fourth-order valence-electron chi connectivity index (χ4n) is 8.28. The fourth-order valence-corrected chi connectivity index (χ4v) is 8.28. The maximum absolute atomic E-state index is 6.45. The summed E-state index contributed by atoms with van der Waals surface area (Å²) < 4.78 is 11.3. The van der Waals surface area contributed by atoms with Gasteiger partial charge in [-0.2, -0.15) is 0 Å². The topological polar surface area (TPSA) is 26.2 Å². The summed E-state index contributed by atoms with van der Waals surface area (Å²) in [6, 6.07) is 67.3. The van der Waals surface area contributed by atoms with E-state index in [4.69, 9.17) is 4.42 Å². The lowest BCUT2D eigenvalue weighted by Gasteiger charge is -2.27. The number of anilines is 3. The maximum Gasteiger partial charge on any atom is 0.137 e. The number of aromatic nitrogens is 2. The molecule has 0 fully saturated rings. The molecule has 244 valence electrons. The van der Waals surface area contributed by atoms with Crippen molar-refractivity contribution in [2.75, 3.05) is 4.90 Å². The quantitative estimate of drug-likeness (QED) is 0.183. The Morgan fingerprint density at radius 2 is 0.904 bits per heavy atom. The van der Waals surface area contributed by atoms with Crippen molar-refractivity contribution in [3.05, 3.63) is 188 Å². The van der Waals surface area contributed by atoms with Gasteiger partial charge in [0.25, 0.3) is 0 Å². The summed E-state index contributed by atoms with van der Waals surface area (Å²) in [4.78, 5) is 2.36. The molecule has 3 aromatic heterocycles. The van der Waals surface area contributed by atoms with Gasteiger partial charge in [0.2, 0.25) is 0 Å². The van der Waals surface area contributed by atoms with Crippen LogP contribution in [0.15, 0.2) is 192 Å². The Bertz CT molecular complexity index is 3080. The van der Waals surface area contributed by atoms with Crippen LogP contribution in [-0.4, -0.2) is 9.13 Å². The Hall–Kier alpha value is -7.04. The molecule has 0 saturated carbocycles. The fraction of sp³-hybridized carbons (Fsp3) is 0. The lowest BCUT2D eigenvalue weighted by atomic mass is 10.1. The summed E-state index contributed by atoms with van der Waals surface area (Å²) in [5.41, 5.74) is 11.8. The van der Waals surface area contributed by atoms with Gasteiger partial charge in [0, 0.05) is 55.4 Å². The van der Waals surface area contributed by atoms with E-state index < -0.39 is 0 Å². The molecule has 3 heterocycles. The van der Waals surface area contributed by atoms with Crippen molar-refractivity contribution in [3.8, 4) is 11.4 Å². The summed E-state index contributed by atoms with van der Waals surface area (Å²) in [6.07, 6.45) is 0. The van der Waals surface area contributed by atoms with Gasteiger partial charge in [0.1, 0.15) is 11.2 Å². The van der Waals surface area contributed by atoms with Gasteiger partial charge in [-0.15, -0.1) is 0 Å². The third kappa shape index (κ3) is 4.21. The molecule has 11 aromatic rings. The van der Waals surface area contributed by atoms with Gasteiger partial charge in [-0.1, -0.05) is 109 Å². The van der Waals surface area contributed by atoms with Crippen LogP contribution in [0.2, 0.25) is 0 Å². The molecule has 8 aromatic carbocycles. The van der Waals surface area contributed by atoms with Crippen LogP contribution in [0.3, 0.4) is 0 Å². The minimum Gasteiger partial charge on any atom is -0.456 e. The van der Waals surface area contributed by atoms with Crippen LogP contribution in [0.25, 0.3) is 76.9 Å². The average molecular weight is 666 g/mol. The van der Waals surface area contributed by atoms with Gasteiger partial charge in [-0.3, -0.25) is 0 Å². The van der Waals surface area contributed by atoms with Gasteiger partial charge >= 0.3 is 0 Å². The molecule has 0 N–H and O–H groups in total. The van der Waals surface area contributed by atoms with E-state index in [2.05, 4.69) is 190 Å². The molecule has 0 aliphatic rings. The second kappa shape index (κ2) is 11.2. The van der Waals surface area contributed by atoms with Gasteiger partial charge in [-0.05, 0) is 72.8 Å². The lowest BCUT2D eigenvalue weighted by molar-refractivity contribution is 0.669. The molecule has 0 amide bonds. The number of hydrogen-bond acceptors (Lipinski definition) is 2. The standard InChI is InChI=1S/C48H31N3O/c1-3-15-32(16-4-1)49(34-27-28-39-38-21-10-14-26-46(38)52-47(39)31-34)35-29-44-48(40-22-9-13-25-43(40)50(44)33-17-5-2-6-18-33)45(30-35)51-41-23-11-7-19-36(41)37-20-8-12-24-42(37)51/h1-31H. The largest absolute Gasteiger partial charge is 0.456 e. The second-order valence-electron chi connectivity index (χ2n) is 13.4. The van der Waals surface area contributed by atoms with Crippen molar-refractivity contribution >= 4 is 82.6 Å². The number of hydrogen-bond donors (Lipinski definition) is 0. The monoisotopic (exact) mass is 665 g/mol. The third-order valence-electron chi connectivity index (χ3n) is 10.5. The zero-order valence-corrected chi connectivity index (χ0v) is 28.1. The summed E-state index contributed by atoms with van der Waals surface area (Å²) >= 11 is 0. The highest BCUT2D eigenvalue weighted by molar-refractivity contribution is 6.17. The van der Waals surface area contributed by atoms with Gasteiger partial charge in [0.05, 0.1) is 33.4 Å². The Labute approximate surface area is 299 Å². The number of rotatable bonds is 5. The van der Waals surface area contributed by atoms with Crippen LogP contribution in [0.4, 0.5) is 17.1 Å². The molecular formula is C48H31N3O. The van der Waals surface area contributed by atoms with E-state index in [1.165, 1.54) is 32.6 Å². The molecule has 4 heteroatoms. The van der Waals surface area contributed by atoms with Crippen molar-refractivity contribution in [2.45, 2.75) is 0 Å². The predicted octanol–water partition coefficient (Wildman–Crippen LogP) is 13.2. The molecule has 0 spiro atoms. The highest BCUT2D eigenvalue weighted by atomic mass is 16.3. The zero-order valence-electron chi connectivity index (χ0n) is 28.1. The van der Waals surface area contributed by atoms with Crippen molar-refractivity contribution in [3.63, 3.8) is 0 Å². The first-order chi connectivity index (χ1) is 25.8. The highest BCUT2D eigenvalue weighted by Crippen LogP contribution is 2.45. The molecule has 0 aliphatic carbocycles. The lowest BCUT2D eigenvalue weighted by Crippen LogP contribution is -2.11. The SMILES string of the molecule is c1ccc(N(c2ccc3c(c2)oc2ccccc23)c2cc(-n3c4ccccc4c4ccccc43)c3c4ccccc4n(-c4ccccc4)c3c2)cc1. The second-order valence-corrected chi connectivity index (χ2v) is 13.4. The van der Waals surface area contributed by atoms with E-state index in [9.17, 15) is 0 Å². The third-order valence-corrected chi connectivity index (χ3v) is 10.5. The normalized spacial score (nSPS) is 11.8. The van der Waals surface area contributed by atoms with E-state index in [-0.39, 0.29) is 0 Å². The molecule has 4 nitrogen and oxygen atoms in total. The van der Waals surface area contributed by atoms with E-state index in [0.29, 0.717) is 0 Å². The van der Waals surface area contributed by atoms with Crippen LogP contribution in [-0.2, 0) is 0 Å². The first-order valence-corrected chi connectivity index (χ1v) is 17.7. The van der Waals surface area contributed by atoms with Crippen LogP contribution in [0.5, 0.6) is 0 Å².